The van der Waals surface area contributed by atoms with Gasteiger partial charge in [-0.25, -0.2) is 9.97 Å². The molecule has 1 aliphatic rings. The van der Waals surface area contributed by atoms with Crippen molar-refractivity contribution < 1.29 is 14.3 Å². The molecular formula is C17H22N4O3. The number of rotatable bonds is 4. The number of nitrogens with zero attached hydrogens (tertiary/aromatic N) is 4. The van der Waals surface area contributed by atoms with Gasteiger partial charge in [-0.3, -0.25) is 9.36 Å². The summed E-state index contributed by atoms with van der Waals surface area (Å²) in [5, 5.41) is 0. The van der Waals surface area contributed by atoms with Crippen LogP contribution in [0.1, 0.15) is 24.2 Å². The molecule has 7 nitrogen and oxygen atoms in total. The van der Waals surface area contributed by atoms with Crippen LogP contribution in [0.3, 0.4) is 0 Å². The molecule has 1 amide bonds. The minimum Gasteiger partial charge on any atom is -0.382 e. The van der Waals surface area contributed by atoms with Gasteiger partial charge in [-0.2, -0.15) is 0 Å². The number of aromatic nitrogens is 3. The Hall–Kier alpha value is -2.25. The molecule has 7 heteroatoms. The summed E-state index contributed by atoms with van der Waals surface area (Å²) in [5.74, 6) is 0.635. The van der Waals surface area contributed by atoms with Crippen LogP contribution in [0, 0.1) is 0 Å². The molecule has 0 aromatic carbocycles. The Balaban J connectivity index is 1.81. The van der Waals surface area contributed by atoms with Gasteiger partial charge in [-0.1, -0.05) is 0 Å². The lowest BCUT2D eigenvalue weighted by Gasteiger charge is -2.42. The molecule has 0 radical (unpaired) electrons. The third-order valence-corrected chi connectivity index (χ3v) is 3.88. The molecule has 0 unspecified atom stereocenters. The summed E-state index contributed by atoms with van der Waals surface area (Å²) in [7, 11) is 1.64. The zero-order chi connectivity index (χ0) is 17.2. The Morgan fingerprint density at radius 1 is 1.46 bits per heavy atom. The normalized spacial score (nSPS) is 20.1. The van der Waals surface area contributed by atoms with Gasteiger partial charge in [-0.05, 0) is 26.0 Å². The van der Waals surface area contributed by atoms with Gasteiger partial charge in [-0.15, -0.1) is 0 Å². The van der Waals surface area contributed by atoms with Crippen molar-refractivity contribution in [1.29, 1.82) is 0 Å². The van der Waals surface area contributed by atoms with Crippen LogP contribution in [0.4, 0.5) is 0 Å². The van der Waals surface area contributed by atoms with E-state index in [0.29, 0.717) is 31.1 Å². The summed E-state index contributed by atoms with van der Waals surface area (Å²) >= 11 is 0. The molecule has 3 heterocycles. The molecule has 1 fully saturated rings. The third-order valence-electron chi connectivity index (χ3n) is 3.88. The van der Waals surface area contributed by atoms with E-state index in [4.69, 9.17) is 9.47 Å². The van der Waals surface area contributed by atoms with E-state index >= 15 is 0 Å². The molecule has 0 N–H and O–H groups in total. The van der Waals surface area contributed by atoms with Gasteiger partial charge in [0.1, 0.15) is 12.1 Å². The maximum Gasteiger partial charge on any atom is 0.254 e. The van der Waals surface area contributed by atoms with Crippen LogP contribution in [-0.2, 0) is 9.47 Å². The lowest BCUT2D eigenvalue weighted by molar-refractivity contribution is -0.143. The zero-order valence-corrected chi connectivity index (χ0v) is 14.2. The first-order valence-corrected chi connectivity index (χ1v) is 7.89. The average molecular weight is 330 g/mol. The molecule has 1 atom stereocenters. The Kier molecular flexibility index (Phi) is 4.64. The molecule has 0 aliphatic carbocycles. The topological polar surface area (TPSA) is 69.5 Å². The maximum absolute atomic E-state index is 12.9. The number of ether oxygens (including phenoxy) is 2. The van der Waals surface area contributed by atoms with Crippen molar-refractivity contribution in [2.45, 2.75) is 25.6 Å². The molecule has 0 spiro atoms. The maximum atomic E-state index is 12.9. The van der Waals surface area contributed by atoms with Crippen molar-refractivity contribution in [3.8, 4) is 5.82 Å². The van der Waals surface area contributed by atoms with Gasteiger partial charge < -0.3 is 14.4 Å². The van der Waals surface area contributed by atoms with Crippen LogP contribution in [0.25, 0.3) is 5.82 Å². The lowest BCUT2D eigenvalue weighted by atomic mass is 10.0. The predicted molar refractivity (Wildman–Crippen MR) is 88.1 cm³/mol. The highest BCUT2D eigenvalue weighted by Gasteiger charge is 2.35. The van der Waals surface area contributed by atoms with E-state index in [1.54, 1.807) is 48.7 Å². The van der Waals surface area contributed by atoms with Crippen LogP contribution in [-0.4, -0.2) is 63.9 Å². The first kappa shape index (κ1) is 16.6. The summed E-state index contributed by atoms with van der Waals surface area (Å²) < 4.78 is 12.9. The number of hydrogen-bond donors (Lipinski definition) is 0. The van der Waals surface area contributed by atoms with E-state index in [1.165, 1.54) is 0 Å². The minimum atomic E-state index is -0.405. The minimum absolute atomic E-state index is 0.0313. The predicted octanol–water partition coefficient (Wildman–Crippen LogP) is 1.53. The Bertz CT molecular complexity index is 700. The number of hydrogen-bond acceptors (Lipinski definition) is 5. The van der Waals surface area contributed by atoms with Crippen LogP contribution in [0.5, 0.6) is 0 Å². The number of carbonyl (C=O) groups excluding carboxylic acids is 1. The fraction of sp³-hybridized carbons (Fsp3) is 0.471. The number of methoxy groups -OCH3 is 1. The number of morpholine rings is 1. The van der Waals surface area contributed by atoms with Crippen molar-refractivity contribution in [2.75, 3.05) is 26.8 Å². The second-order valence-electron chi connectivity index (χ2n) is 6.51. The average Bonchev–Trinajstić information content (AvgIpc) is 3.07. The van der Waals surface area contributed by atoms with Crippen molar-refractivity contribution in [3.05, 3.63) is 42.6 Å². The fourth-order valence-electron chi connectivity index (χ4n) is 2.99. The van der Waals surface area contributed by atoms with Crippen LogP contribution < -0.4 is 0 Å². The molecule has 0 bridgehead atoms. The van der Waals surface area contributed by atoms with Gasteiger partial charge in [0.2, 0.25) is 0 Å². The van der Waals surface area contributed by atoms with E-state index in [9.17, 15) is 4.79 Å². The lowest BCUT2D eigenvalue weighted by Crippen LogP contribution is -2.55. The Labute approximate surface area is 141 Å². The van der Waals surface area contributed by atoms with E-state index in [2.05, 4.69) is 9.97 Å². The highest BCUT2D eigenvalue weighted by molar-refractivity contribution is 5.94. The second-order valence-corrected chi connectivity index (χ2v) is 6.51. The zero-order valence-electron chi connectivity index (χ0n) is 14.2. The number of pyridine rings is 1. The third kappa shape index (κ3) is 3.63. The van der Waals surface area contributed by atoms with Crippen LogP contribution in [0.15, 0.2) is 37.1 Å². The van der Waals surface area contributed by atoms with Crippen molar-refractivity contribution >= 4 is 5.91 Å². The van der Waals surface area contributed by atoms with Crippen LogP contribution >= 0.6 is 0 Å². The largest absolute Gasteiger partial charge is 0.382 e. The number of carbonyl (C=O) groups is 1. The first-order valence-electron chi connectivity index (χ1n) is 7.89. The van der Waals surface area contributed by atoms with E-state index < -0.39 is 5.60 Å². The van der Waals surface area contributed by atoms with Crippen molar-refractivity contribution in [1.82, 2.24) is 19.4 Å². The van der Waals surface area contributed by atoms with Crippen molar-refractivity contribution in [2.24, 2.45) is 0 Å². The van der Waals surface area contributed by atoms with Gasteiger partial charge in [0, 0.05) is 44.4 Å². The number of amides is 1. The molecule has 0 saturated carbocycles. The summed E-state index contributed by atoms with van der Waals surface area (Å²) in [6.45, 7) is 5.48. The van der Waals surface area contributed by atoms with Crippen LogP contribution in [0.2, 0.25) is 0 Å². The smallest absolute Gasteiger partial charge is 0.254 e. The summed E-state index contributed by atoms with van der Waals surface area (Å²) in [6, 6.07) is 3.51. The Morgan fingerprint density at radius 2 is 2.29 bits per heavy atom. The molecule has 3 rings (SSSR count). The van der Waals surface area contributed by atoms with E-state index in [-0.39, 0.29) is 12.0 Å². The van der Waals surface area contributed by atoms with Gasteiger partial charge in [0.15, 0.2) is 0 Å². The molecule has 1 saturated heterocycles. The molecule has 1 aliphatic heterocycles. The van der Waals surface area contributed by atoms with Gasteiger partial charge in [0.25, 0.3) is 5.91 Å². The fourth-order valence-corrected chi connectivity index (χ4v) is 2.99. The molecule has 2 aromatic rings. The quantitative estimate of drug-likeness (QED) is 0.850. The highest BCUT2D eigenvalue weighted by atomic mass is 16.5. The molecular weight excluding hydrogens is 308 g/mol. The standard InChI is InChI=1S/C17H22N4O3/c1-17(2)11-21(9-14(24-17)10-23-3)16(22)13-4-5-19-15(8-13)20-7-6-18-12-20/h4-8,12,14H,9-11H2,1-3H3/t14-/m0/s1. The SMILES string of the molecule is COC[C@@H]1CN(C(=O)c2ccnc(-n3ccnc3)c2)CC(C)(C)O1. The molecule has 128 valence electrons. The number of imidazole rings is 1. The van der Waals surface area contributed by atoms with E-state index in [1.807, 2.05) is 18.7 Å². The van der Waals surface area contributed by atoms with E-state index in [0.717, 1.165) is 0 Å². The highest BCUT2D eigenvalue weighted by Crippen LogP contribution is 2.23. The molecule has 2 aromatic heterocycles. The molecule has 24 heavy (non-hydrogen) atoms. The monoisotopic (exact) mass is 330 g/mol. The second kappa shape index (κ2) is 6.70. The van der Waals surface area contributed by atoms with Gasteiger partial charge >= 0.3 is 0 Å². The van der Waals surface area contributed by atoms with Crippen molar-refractivity contribution in [3.63, 3.8) is 0 Å². The van der Waals surface area contributed by atoms with Gasteiger partial charge in [0.05, 0.1) is 18.3 Å². The summed E-state index contributed by atoms with van der Waals surface area (Å²) in [4.78, 5) is 23.1. The summed E-state index contributed by atoms with van der Waals surface area (Å²) in [5.41, 5.74) is 0.194. The Morgan fingerprint density at radius 3 is 3.00 bits per heavy atom. The summed E-state index contributed by atoms with van der Waals surface area (Å²) in [6.07, 6.45) is 6.64. The first-order chi connectivity index (χ1) is 11.5.